The van der Waals surface area contributed by atoms with E-state index in [4.69, 9.17) is 0 Å². The van der Waals surface area contributed by atoms with Gasteiger partial charge in [0.25, 0.3) is 0 Å². The third-order valence-corrected chi connectivity index (χ3v) is 3.80. The zero-order valence-electron chi connectivity index (χ0n) is 11.9. The van der Waals surface area contributed by atoms with Crippen LogP contribution >= 0.6 is 0 Å². The molecule has 1 atom stereocenters. The molecule has 1 aliphatic heterocycles. The third-order valence-electron chi connectivity index (χ3n) is 3.80. The summed E-state index contributed by atoms with van der Waals surface area (Å²) in [6.45, 7) is 1.38. The summed E-state index contributed by atoms with van der Waals surface area (Å²) in [5.74, 6) is 0.0698. The Morgan fingerprint density at radius 3 is 2.81 bits per heavy atom. The maximum atomic E-state index is 12.2. The maximum Gasteiger partial charge on any atom is 0.237 e. The highest BCUT2D eigenvalue weighted by molar-refractivity contribution is 5.82. The van der Waals surface area contributed by atoms with Crippen LogP contribution in [0.2, 0.25) is 0 Å². The summed E-state index contributed by atoms with van der Waals surface area (Å²) in [6.07, 6.45) is 3.29. The van der Waals surface area contributed by atoms with Gasteiger partial charge in [-0.2, -0.15) is 0 Å². The van der Waals surface area contributed by atoms with Crippen LogP contribution in [0.5, 0.6) is 0 Å². The Labute approximate surface area is 124 Å². The molecule has 2 heterocycles. The van der Waals surface area contributed by atoms with Gasteiger partial charge in [0.2, 0.25) is 5.91 Å². The van der Waals surface area contributed by atoms with Crippen molar-refractivity contribution in [3.05, 3.63) is 65.5 Å². The van der Waals surface area contributed by atoms with Gasteiger partial charge in [0.15, 0.2) is 0 Å². The van der Waals surface area contributed by atoms with Crippen LogP contribution in [0.4, 0.5) is 0 Å². The van der Waals surface area contributed by atoms with E-state index >= 15 is 0 Å². The van der Waals surface area contributed by atoms with E-state index in [1.54, 1.807) is 6.20 Å². The Morgan fingerprint density at radius 1 is 1.19 bits per heavy atom. The molecule has 21 heavy (non-hydrogen) atoms. The lowest BCUT2D eigenvalue weighted by Crippen LogP contribution is -2.48. The van der Waals surface area contributed by atoms with Gasteiger partial charge in [-0.15, -0.1) is 0 Å². The van der Waals surface area contributed by atoms with Crippen molar-refractivity contribution in [2.75, 3.05) is 6.54 Å². The minimum absolute atomic E-state index is 0.0698. The van der Waals surface area contributed by atoms with Crippen LogP contribution in [0.25, 0.3) is 0 Å². The first-order chi connectivity index (χ1) is 10.3. The van der Waals surface area contributed by atoms with Crippen LogP contribution in [0.15, 0.2) is 48.7 Å². The van der Waals surface area contributed by atoms with E-state index in [1.165, 1.54) is 11.1 Å². The second-order valence-electron chi connectivity index (χ2n) is 5.27. The lowest BCUT2D eigenvalue weighted by Gasteiger charge is -2.25. The molecule has 3 rings (SSSR count). The Bertz CT molecular complexity index is 612. The molecule has 1 aliphatic rings. The molecule has 108 valence electrons. The molecule has 0 spiro atoms. The van der Waals surface area contributed by atoms with Crippen LogP contribution in [0.1, 0.15) is 16.8 Å². The van der Waals surface area contributed by atoms with Crippen molar-refractivity contribution < 1.29 is 4.79 Å². The molecule has 0 saturated heterocycles. The second-order valence-corrected chi connectivity index (χ2v) is 5.27. The van der Waals surface area contributed by atoms with Crippen molar-refractivity contribution in [2.45, 2.75) is 25.4 Å². The monoisotopic (exact) mass is 281 g/mol. The van der Waals surface area contributed by atoms with E-state index in [0.29, 0.717) is 6.54 Å². The Hall–Kier alpha value is -2.20. The van der Waals surface area contributed by atoms with Crippen LogP contribution < -0.4 is 10.6 Å². The molecule has 1 amide bonds. The van der Waals surface area contributed by atoms with Crippen LogP contribution in [-0.4, -0.2) is 23.5 Å². The quantitative estimate of drug-likeness (QED) is 0.892. The summed E-state index contributed by atoms with van der Waals surface area (Å²) in [6, 6.07) is 14.0. The van der Waals surface area contributed by atoms with Crippen LogP contribution in [0, 0.1) is 0 Å². The number of nitrogens with zero attached hydrogens (tertiary/aromatic N) is 1. The number of hydrogen-bond donors (Lipinski definition) is 2. The minimum atomic E-state index is -0.136. The smallest absolute Gasteiger partial charge is 0.237 e. The van der Waals surface area contributed by atoms with E-state index in [1.807, 2.05) is 30.3 Å². The van der Waals surface area contributed by atoms with Gasteiger partial charge in [-0.05, 0) is 29.7 Å². The summed E-state index contributed by atoms with van der Waals surface area (Å²) in [5, 5.41) is 6.29. The molecule has 1 unspecified atom stereocenters. The van der Waals surface area contributed by atoms with Crippen LogP contribution in [0.3, 0.4) is 0 Å². The number of aromatic nitrogens is 1. The average Bonchev–Trinajstić information content (AvgIpc) is 2.55. The largest absolute Gasteiger partial charge is 0.354 e. The number of benzene rings is 1. The highest BCUT2D eigenvalue weighted by Crippen LogP contribution is 2.16. The molecular formula is C17H19N3O. The van der Waals surface area contributed by atoms with Crippen molar-refractivity contribution in [1.82, 2.24) is 15.6 Å². The highest BCUT2D eigenvalue weighted by Gasteiger charge is 2.23. The normalized spacial score (nSPS) is 17.0. The predicted octanol–water partition coefficient (Wildman–Crippen LogP) is 1.45. The zero-order valence-corrected chi connectivity index (χ0v) is 11.9. The SMILES string of the molecule is O=C(NCCc1ccccn1)C1Cc2ccccc2CN1. The van der Waals surface area contributed by atoms with E-state index in [9.17, 15) is 4.79 Å². The van der Waals surface area contributed by atoms with Crippen molar-refractivity contribution in [3.63, 3.8) is 0 Å². The standard InChI is InChI=1S/C17H19N3O/c21-17(19-10-8-15-7-3-4-9-18-15)16-11-13-5-1-2-6-14(13)12-20-16/h1-7,9,16,20H,8,10-12H2,(H,19,21). The predicted molar refractivity (Wildman–Crippen MR) is 81.7 cm³/mol. The molecule has 4 heteroatoms. The maximum absolute atomic E-state index is 12.2. The van der Waals surface area contributed by atoms with Gasteiger partial charge in [0.05, 0.1) is 6.04 Å². The number of carbonyl (C=O) groups is 1. The first-order valence-electron chi connectivity index (χ1n) is 7.31. The van der Waals surface area contributed by atoms with Gasteiger partial charge in [0, 0.05) is 31.4 Å². The van der Waals surface area contributed by atoms with Gasteiger partial charge in [-0.1, -0.05) is 30.3 Å². The van der Waals surface area contributed by atoms with E-state index < -0.39 is 0 Å². The number of fused-ring (bicyclic) bond motifs is 1. The highest BCUT2D eigenvalue weighted by atomic mass is 16.2. The first-order valence-corrected chi connectivity index (χ1v) is 7.31. The molecule has 0 radical (unpaired) electrons. The van der Waals surface area contributed by atoms with Crippen molar-refractivity contribution in [2.24, 2.45) is 0 Å². The fraction of sp³-hybridized carbons (Fsp3) is 0.294. The molecular weight excluding hydrogens is 262 g/mol. The summed E-state index contributed by atoms with van der Waals surface area (Å²) < 4.78 is 0. The fourth-order valence-corrected chi connectivity index (χ4v) is 2.62. The summed E-state index contributed by atoms with van der Waals surface area (Å²) in [4.78, 5) is 16.5. The van der Waals surface area contributed by atoms with Crippen molar-refractivity contribution in [1.29, 1.82) is 0 Å². The Morgan fingerprint density at radius 2 is 2.00 bits per heavy atom. The van der Waals surface area contributed by atoms with Gasteiger partial charge in [-0.25, -0.2) is 0 Å². The van der Waals surface area contributed by atoms with E-state index in [0.717, 1.165) is 25.1 Å². The number of rotatable bonds is 4. The van der Waals surface area contributed by atoms with Gasteiger partial charge >= 0.3 is 0 Å². The Kier molecular flexibility index (Phi) is 4.26. The molecule has 2 N–H and O–H groups in total. The van der Waals surface area contributed by atoms with Crippen molar-refractivity contribution in [3.8, 4) is 0 Å². The molecule has 0 saturated carbocycles. The summed E-state index contributed by atoms with van der Waals surface area (Å²) >= 11 is 0. The molecule has 0 bridgehead atoms. The molecule has 2 aromatic rings. The molecule has 1 aromatic carbocycles. The third kappa shape index (κ3) is 3.47. The topological polar surface area (TPSA) is 54.0 Å². The lowest BCUT2D eigenvalue weighted by atomic mass is 9.95. The lowest BCUT2D eigenvalue weighted by molar-refractivity contribution is -0.123. The number of pyridine rings is 1. The molecule has 1 aromatic heterocycles. The van der Waals surface area contributed by atoms with Gasteiger partial charge in [-0.3, -0.25) is 9.78 Å². The first kappa shape index (κ1) is 13.8. The molecule has 4 nitrogen and oxygen atoms in total. The molecule has 0 aliphatic carbocycles. The summed E-state index contributed by atoms with van der Waals surface area (Å²) in [5.41, 5.74) is 3.55. The number of amides is 1. The van der Waals surface area contributed by atoms with E-state index in [-0.39, 0.29) is 11.9 Å². The number of carbonyl (C=O) groups excluding carboxylic acids is 1. The summed E-state index contributed by atoms with van der Waals surface area (Å²) in [7, 11) is 0. The van der Waals surface area contributed by atoms with Crippen LogP contribution in [-0.2, 0) is 24.2 Å². The Balaban J connectivity index is 1.50. The second kappa shape index (κ2) is 6.50. The fourth-order valence-electron chi connectivity index (χ4n) is 2.62. The van der Waals surface area contributed by atoms with Crippen molar-refractivity contribution >= 4 is 5.91 Å². The van der Waals surface area contributed by atoms with E-state index in [2.05, 4.69) is 27.8 Å². The zero-order chi connectivity index (χ0) is 14.5. The molecule has 0 fully saturated rings. The van der Waals surface area contributed by atoms with Gasteiger partial charge in [0.1, 0.15) is 0 Å². The average molecular weight is 281 g/mol. The van der Waals surface area contributed by atoms with Gasteiger partial charge < -0.3 is 10.6 Å². The number of nitrogens with one attached hydrogen (secondary N) is 2. The number of hydrogen-bond acceptors (Lipinski definition) is 3. The minimum Gasteiger partial charge on any atom is -0.354 e.